The molecule has 6 nitrogen and oxygen atoms in total. The molecule has 8 heteroatoms. The van der Waals surface area contributed by atoms with Crippen molar-refractivity contribution < 1.29 is 13.5 Å². The molecule has 0 saturated carbocycles. The fourth-order valence-electron chi connectivity index (χ4n) is 3.50. The standard InChI is InChI=1S/C19H21F2N5O/c1-19(20,21)15-5-2-4-14(10-15)11-27-12-16-6-3-9-25(16)17-7-8-22-18-23-13-24-26(17)18/h2,4-5,7-8,10,13,16H,3,6,9,11-12H2,1H3/t16-/m1/s1. The Balaban J connectivity index is 1.42. The van der Waals surface area contributed by atoms with E-state index in [1.54, 1.807) is 16.8 Å². The van der Waals surface area contributed by atoms with Crippen molar-refractivity contribution >= 4 is 11.6 Å². The Bertz CT molecular complexity index is 924. The lowest BCUT2D eigenvalue weighted by Gasteiger charge is -2.26. The molecule has 27 heavy (non-hydrogen) atoms. The Kier molecular flexibility index (Phi) is 4.73. The number of hydrogen-bond acceptors (Lipinski definition) is 5. The smallest absolute Gasteiger partial charge is 0.270 e. The van der Waals surface area contributed by atoms with Gasteiger partial charge in [-0.1, -0.05) is 18.2 Å². The third-order valence-corrected chi connectivity index (χ3v) is 4.84. The summed E-state index contributed by atoms with van der Waals surface area (Å²) in [5.74, 6) is -1.34. The van der Waals surface area contributed by atoms with Gasteiger partial charge in [-0.05, 0) is 30.5 Å². The van der Waals surface area contributed by atoms with Crippen LogP contribution in [0.2, 0.25) is 0 Å². The van der Waals surface area contributed by atoms with Crippen LogP contribution in [0.25, 0.3) is 5.78 Å². The minimum atomic E-state index is -2.84. The molecule has 4 rings (SSSR count). The lowest BCUT2D eigenvalue weighted by atomic mass is 10.1. The summed E-state index contributed by atoms with van der Waals surface area (Å²) in [7, 11) is 0. The predicted octanol–water partition coefficient (Wildman–Crippen LogP) is 3.42. The van der Waals surface area contributed by atoms with Gasteiger partial charge in [0.05, 0.1) is 19.3 Å². The molecule has 0 aliphatic carbocycles. The molecule has 1 fully saturated rings. The highest BCUT2D eigenvalue weighted by Crippen LogP contribution is 2.28. The van der Waals surface area contributed by atoms with Crippen molar-refractivity contribution in [1.29, 1.82) is 0 Å². The monoisotopic (exact) mass is 373 g/mol. The van der Waals surface area contributed by atoms with Crippen LogP contribution in [0.15, 0.2) is 42.9 Å². The summed E-state index contributed by atoms with van der Waals surface area (Å²) in [4.78, 5) is 10.6. The van der Waals surface area contributed by atoms with E-state index < -0.39 is 5.92 Å². The van der Waals surface area contributed by atoms with Gasteiger partial charge in [0.25, 0.3) is 11.7 Å². The number of alkyl halides is 2. The molecule has 2 aromatic heterocycles. The Morgan fingerprint density at radius 3 is 3.00 bits per heavy atom. The van der Waals surface area contributed by atoms with Crippen LogP contribution in [0, 0.1) is 0 Å². The van der Waals surface area contributed by atoms with E-state index in [9.17, 15) is 8.78 Å². The van der Waals surface area contributed by atoms with Crippen LogP contribution in [0.4, 0.5) is 14.6 Å². The third-order valence-electron chi connectivity index (χ3n) is 4.84. The molecule has 1 aromatic carbocycles. The van der Waals surface area contributed by atoms with Gasteiger partial charge >= 0.3 is 0 Å². The first-order chi connectivity index (χ1) is 13.0. The molecule has 0 unspecified atom stereocenters. The van der Waals surface area contributed by atoms with Gasteiger partial charge in [-0.3, -0.25) is 0 Å². The Morgan fingerprint density at radius 2 is 2.15 bits per heavy atom. The number of anilines is 1. The summed E-state index contributed by atoms with van der Waals surface area (Å²) in [5, 5.41) is 4.25. The highest BCUT2D eigenvalue weighted by atomic mass is 19.3. The van der Waals surface area contributed by atoms with E-state index >= 15 is 0 Å². The van der Waals surface area contributed by atoms with E-state index in [2.05, 4.69) is 20.0 Å². The van der Waals surface area contributed by atoms with E-state index in [0.717, 1.165) is 37.7 Å². The van der Waals surface area contributed by atoms with Crippen molar-refractivity contribution in [2.45, 2.75) is 38.3 Å². The summed E-state index contributed by atoms with van der Waals surface area (Å²) < 4.78 is 34.5. The number of aromatic nitrogens is 4. The van der Waals surface area contributed by atoms with Crippen LogP contribution in [-0.2, 0) is 17.3 Å². The van der Waals surface area contributed by atoms with Crippen molar-refractivity contribution in [2.75, 3.05) is 18.1 Å². The zero-order chi connectivity index (χ0) is 18.9. The summed E-state index contributed by atoms with van der Waals surface area (Å²) in [6, 6.07) is 8.53. The number of fused-ring (bicyclic) bond motifs is 1. The van der Waals surface area contributed by atoms with Gasteiger partial charge in [0.2, 0.25) is 0 Å². The zero-order valence-corrected chi connectivity index (χ0v) is 15.1. The average molecular weight is 373 g/mol. The van der Waals surface area contributed by atoms with Crippen molar-refractivity contribution in [2.24, 2.45) is 0 Å². The molecular weight excluding hydrogens is 352 g/mol. The quantitative estimate of drug-likeness (QED) is 0.663. The molecule has 1 atom stereocenters. The average Bonchev–Trinajstić information content (AvgIpc) is 3.30. The summed E-state index contributed by atoms with van der Waals surface area (Å²) in [5.41, 5.74) is 0.762. The van der Waals surface area contributed by atoms with Crippen molar-refractivity contribution in [1.82, 2.24) is 19.6 Å². The van der Waals surface area contributed by atoms with Gasteiger partial charge in [0.15, 0.2) is 0 Å². The molecule has 0 N–H and O–H groups in total. The number of benzene rings is 1. The highest BCUT2D eigenvalue weighted by Gasteiger charge is 2.27. The summed E-state index contributed by atoms with van der Waals surface area (Å²) >= 11 is 0. The van der Waals surface area contributed by atoms with E-state index in [1.165, 1.54) is 18.5 Å². The number of hydrogen-bond donors (Lipinski definition) is 0. The second-order valence-electron chi connectivity index (χ2n) is 6.87. The van der Waals surface area contributed by atoms with Gasteiger partial charge in [-0.2, -0.15) is 14.6 Å². The number of halogens is 2. The predicted molar refractivity (Wildman–Crippen MR) is 96.8 cm³/mol. The van der Waals surface area contributed by atoms with E-state index in [4.69, 9.17) is 4.74 Å². The molecule has 1 aliphatic heterocycles. The van der Waals surface area contributed by atoms with Gasteiger partial charge in [-0.15, -0.1) is 0 Å². The first-order valence-electron chi connectivity index (χ1n) is 8.99. The van der Waals surface area contributed by atoms with Crippen LogP contribution >= 0.6 is 0 Å². The van der Waals surface area contributed by atoms with E-state index in [1.807, 2.05) is 12.1 Å². The second-order valence-corrected chi connectivity index (χ2v) is 6.87. The Labute approximate surface area is 155 Å². The van der Waals surface area contributed by atoms with Crippen LogP contribution in [-0.4, -0.2) is 38.8 Å². The third kappa shape index (κ3) is 3.75. The molecule has 0 spiro atoms. The number of nitrogens with zero attached hydrogens (tertiary/aromatic N) is 5. The first-order valence-corrected chi connectivity index (χ1v) is 8.99. The number of rotatable bonds is 6. The maximum atomic E-state index is 13.5. The topological polar surface area (TPSA) is 55.5 Å². The van der Waals surface area contributed by atoms with Crippen LogP contribution in [0.3, 0.4) is 0 Å². The highest BCUT2D eigenvalue weighted by molar-refractivity contribution is 5.46. The number of ether oxygens (including phenoxy) is 1. The Hall–Kier alpha value is -2.61. The minimum absolute atomic E-state index is 0.0106. The first kappa shape index (κ1) is 17.8. The molecule has 0 radical (unpaired) electrons. The summed E-state index contributed by atoms with van der Waals surface area (Å²) in [6.45, 7) is 2.64. The normalized spacial score (nSPS) is 17.7. The molecule has 1 aliphatic rings. The molecule has 1 saturated heterocycles. The van der Waals surface area contributed by atoms with Crippen molar-refractivity contribution in [3.63, 3.8) is 0 Å². The molecule has 0 bridgehead atoms. The van der Waals surface area contributed by atoms with E-state index in [0.29, 0.717) is 19.0 Å². The minimum Gasteiger partial charge on any atom is -0.375 e. The van der Waals surface area contributed by atoms with Gasteiger partial charge in [0.1, 0.15) is 12.1 Å². The SMILES string of the molecule is CC(F)(F)c1cccc(COC[C@H]2CCCN2c2ccnc3ncnn23)c1. The Morgan fingerprint density at radius 1 is 1.26 bits per heavy atom. The van der Waals surface area contributed by atoms with Crippen LogP contribution < -0.4 is 4.90 Å². The largest absolute Gasteiger partial charge is 0.375 e. The lowest BCUT2D eigenvalue weighted by molar-refractivity contribution is 0.0172. The molecule has 3 aromatic rings. The fourth-order valence-corrected chi connectivity index (χ4v) is 3.50. The van der Waals surface area contributed by atoms with E-state index in [-0.39, 0.29) is 11.6 Å². The van der Waals surface area contributed by atoms with Gasteiger partial charge in [-0.25, -0.2) is 13.8 Å². The maximum absolute atomic E-state index is 13.5. The van der Waals surface area contributed by atoms with Gasteiger partial charge < -0.3 is 9.64 Å². The summed E-state index contributed by atoms with van der Waals surface area (Å²) in [6.07, 6.45) is 5.28. The van der Waals surface area contributed by atoms with Crippen molar-refractivity contribution in [3.8, 4) is 0 Å². The van der Waals surface area contributed by atoms with Crippen LogP contribution in [0.1, 0.15) is 30.9 Å². The zero-order valence-electron chi connectivity index (χ0n) is 15.1. The second kappa shape index (κ2) is 7.19. The molecular formula is C19H21F2N5O. The molecule has 3 heterocycles. The maximum Gasteiger partial charge on any atom is 0.270 e. The fraction of sp³-hybridized carbons (Fsp3) is 0.421. The van der Waals surface area contributed by atoms with Gasteiger partial charge in [0, 0.05) is 25.2 Å². The van der Waals surface area contributed by atoms with Crippen LogP contribution in [0.5, 0.6) is 0 Å². The van der Waals surface area contributed by atoms with Crippen molar-refractivity contribution in [3.05, 3.63) is 54.0 Å². The molecule has 142 valence electrons. The lowest BCUT2D eigenvalue weighted by Crippen LogP contribution is -2.34. The molecule has 0 amide bonds.